The van der Waals surface area contributed by atoms with E-state index in [4.69, 9.17) is 0 Å². The van der Waals surface area contributed by atoms with Crippen molar-refractivity contribution in [3.05, 3.63) is 18.7 Å². The molecular formula is C16H30N4. The van der Waals surface area contributed by atoms with Gasteiger partial charge in [0.2, 0.25) is 0 Å². The molecule has 0 bridgehead atoms. The monoisotopic (exact) mass is 278 g/mol. The van der Waals surface area contributed by atoms with Crippen LogP contribution in [0.4, 0.5) is 0 Å². The Hall–Kier alpha value is -0.870. The largest absolute Gasteiger partial charge is 0.337 e. The van der Waals surface area contributed by atoms with Crippen LogP contribution < -0.4 is 5.32 Å². The Morgan fingerprint density at radius 2 is 2.05 bits per heavy atom. The first-order valence-electron chi connectivity index (χ1n) is 7.96. The lowest BCUT2D eigenvalue weighted by molar-refractivity contribution is 0.303. The molecule has 1 N–H and O–H groups in total. The van der Waals surface area contributed by atoms with Crippen molar-refractivity contribution in [2.24, 2.45) is 5.92 Å². The summed E-state index contributed by atoms with van der Waals surface area (Å²) in [5, 5.41) is 3.63. The molecule has 0 aliphatic carbocycles. The van der Waals surface area contributed by atoms with Crippen LogP contribution >= 0.6 is 0 Å². The summed E-state index contributed by atoms with van der Waals surface area (Å²) >= 11 is 0. The average molecular weight is 278 g/mol. The van der Waals surface area contributed by atoms with Crippen molar-refractivity contribution in [2.75, 3.05) is 26.2 Å². The van der Waals surface area contributed by atoms with Crippen LogP contribution in [0.1, 0.15) is 40.0 Å². The zero-order valence-electron chi connectivity index (χ0n) is 13.3. The molecule has 0 saturated carbocycles. The van der Waals surface area contributed by atoms with Crippen LogP contribution in [0.2, 0.25) is 0 Å². The van der Waals surface area contributed by atoms with E-state index < -0.39 is 0 Å². The van der Waals surface area contributed by atoms with E-state index in [1.165, 1.54) is 38.9 Å². The van der Waals surface area contributed by atoms with Crippen LogP contribution in [0, 0.1) is 5.92 Å². The summed E-state index contributed by atoms with van der Waals surface area (Å²) in [5.74, 6) is 0.836. The quantitative estimate of drug-likeness (QED) is 0.777. The number of nitrogens with zero attached hydrogens (tertiary/aromatic N) is 3. The van der Waals surface area contributed by atoms with Gasteiger partial charge in [0.15, 0.2) is 0 Å². The number of nitrogens with one attached hydrogen (secondary N) is 1. The van der Waals surface area contributed by atoms with Gasteiger partial charge in [-0.2, -0.15) is 0 Å². The molecule has 1 aliphatic rings. The third-order valence-corrected chi connectivity index (χ3v) is 3.99. The van der Waals surface area contributed by atoms with Gasteiger partial charge in [-0.1, -0.05) is 0 Å². The molecule has 4 heteroatoms. The predicted molar refractivity (Wildman–Crippen MR) is 83.8 cm³/mol. The first-order chi connectivity index (χ1) is 9.53. The number of rotatable bonds is 7. The number of likely N-dealkylation sites (tertiary alicyclic amines) is 1. The summed E-state index contributed by atoms with van der Waals surface area (Å²) in [4.78, 5) is 6.70. The highest BCUT2D eigenvalue weighted by Crippen LogP contribution is 2.17. The van der Waals surface area contributed by atoms with Gasteiger partial charge in [0.05, 0.1) is 6.33 Å². The fraction of sp³-hybridized carbons (Fsp3) is 0.812. The molecule has 1 unspecified atom stereocenters. The number of aryl methyl sites for hydroxylation is 1. The molecule has 114 valence electrons. The highest BCUT2D eigenvalue weighted by molar-refractivity contribution is 4.80. The third-order valence-electron chi connectivity index (χ3n) is 3.99. The van der Waals surface area contributed by atoms with E-state index in [0.29, 0.717) is 0 Å². The van der Waals surface area contributed by atoms with E-state index >= 15 is 0 Å². The van der Waals surface area contributed by atoms with Crippen molar-refractivity contribution in [3.8, 4) is 0 Å². The maximum atomic E-state index is 4.07. The number of hydrogen-bond donors (Lipinski definition) is 1. The molecule has 1 aromatic heterocycles. The van der Waals surface area contributed by atoms with Gasteiger partial charge in [0.25, 0.3) is 0 Å². The van der Waals surface area contributed by atoms with Crippen LogP contribution in [0.15, 0.2) is 18.7 Å². The normalized spacial score (nSPS) is 20.6. The van der Waals surface area contributed by atoms with Crippen LogP contribution in [0.3, 0.4) is 0 Å². The Labute approximate surface area is 123 Å². The van der Waals surface area contributed by atoms with E-state index in [0.717, 1.165) is 19.0 Å². The first kappa shape index (κ1) is 15.5. The zero-order chi connectivity index (χ0) is 14.4. The van der Waals surface area contributed by atoms with E-state index in [1.807, 2.05) is 18.7 Å². The van der Waals surface area contributed by atoms with Crippen LogP contribution in [-0.4, -0.2) is 46.2 Å². The standard InChI is InChI=1S/C16H30N4/c1-16(2,3)18-12-15-6-10-19(13-15)8-4-5-9-20-11-7-17-14-20/h7,11,14-15,18H,4-6,8-10,12-13H2,1-3H3. The minimum absolute atomic E-state index is 0.248. The molecular weight excluding hydrogens is 248 g/mol. The Bertz CT molecular complexity index is 366. The van der Waals surface area contributed by atoms with Crippen LogP contribution in [-0.2, 0) is 6.54 Å². The molecule has 20 heavy (non-hydrogen) atoms. The highest BCUT2D eigenvalue weighted by Gasteiger charge is 2.23. The van der Waals surface area contributed by atoms with Gasteiger partial charge in [0, 0.05) is 31.0 Å². The van der Waals surface area contributed by atoms with Crippen molar-refractivity contribution >= 4 is 0 Å². The fourth-order valence-electron chi connectivity index (χ4n) is 2.78. The number of aromatic nitrogens is 2. The molecule has 1 atom stereocenters. The fourth-order valence-corrected chi connectivity index (χ4v) is 2.78. The second-order valence-corrected chi connectivity index (χ2v) is 7.09. The van der Waals surface area contributed by atoms with Crippen molar-refractivity contribution < 1.29 is 0 Å². The van der Waals surface area contributed by atoms with E-state index in [9.17, 15) is 0 Å². The van der Waals surface area contributed by atoms with Gasteiger partial charge in [-0.05, 0) is 65.6 Å². The Kier molecular flexibility index (Phi) is 5.61. The molecule has 0 spiro atoms. The first-order valence-corrected chi connectivity index (χ1v) is 7.96. The summed E-state index contributed by atoms with van der Waals surface area (Å²) in [6, 6.07) is 0. The van der Waals surface area contributed by atoms with E-state index in [-0.39, 0.29) is 5.54 Å². The Morgan fingerprint density at radius 1 is 1.25 bits per heavy atom. The maximum Gasteiger partial charge on any atom is 0.0945 e. The smallest absolute Gasteiger partial charge is 0.0945 e. The third kappa shape index (κ3) is 5.63. The van der Waals surface area contributed by atoms with Crippen LogP contribution in [0.25, 0.3) is 0 Å². The minimum Gasteiger partial charge on any atom is -0.337 e. The van der Waals surface area contributed by atoms with Gasteiger partial charge >= 0.3 is 0 Å². The van der Waals surface area contributed by atoms with Gasteiger partial charge in [0.1, 0.15) is 0 Å². The number of unbranched alkanes of at least 4 members (excludes halogenated alkanes) is 1. The summed E-state index contributed by atoms with van der Waals surface area (Å²) in [6.45, 7) is 12.8. The van der Waals surface area contributed by atoms with Gasteiger partial charge in [-0.3, -0.25) is 0 Å². The lowest BCUT2D eigenvalue weighted by Crippen LogP contribution is -2.39. The molecule has 2 heterocycles. The topological polar surface area (TPSA) is 33.1 Å². The lowest BCUT2D eigenvalue weighted by Gasteiger charge is -2.23. The van der Waals surface area contributed by atoms with E-state index in [2.05, 4.69) is 40.5 Å². The van der Waals surface area contributed by atoms with Crippen molar-refractivity contribution in [1.82, 2.24) is 19.8 Å². The molecule has 1 aliphatic heterocycles. The lowest BCUT2D eigenvalue weighted by atomic mass is 10.1. The molecule has 4 nitrogen and oxygen atoms in total. The molecule has 1 saturated heterocycles. The minimum atomic E-state index is 0.248. The van der Waals surface area contributed by atoms with Crippen molar-refractivity contribution in [3.63, 3.8) is 0 Å². The summed E-state index contributed by atoms with van der Waals surface area (Å²) in [7, 11) is 0. The highest BCUT2D eigenvalue weighted by atomic mass is 15.1. The van der Waals surface area contributed by atoms with Crippen molar-refractivity contribution in [1.29, 1.82) is 0 Å². The molecule has 0 amide bonds. The average Bonchev–Trinajstić information content (AvgIpc) is 3.03. The SMILES string of the molecule is CC(C)(C)NCC1CCN(CCCCn2ccnc2)C1. The molecule has 2 rings (SSSR count). The number of hydrogen-bond acceptors (Lipinski definition) is 3. The molecule has 1 fully saturated rings. The van der Waals surface area contributed by atoms with Gasteiger partial charge < -0.3 is 14.8 Å². The van der Waals surface area contributed by atoms with E-state index in [1.54, 1.807) is 0 Å². The van der Waals surface area contributed by atoms with Gasteiger partial charge in [-0.25, -0.2) is 4.98 Å². The Morgan fingerprint density at radius 3 is 2.75 bits per heavy atom. The van der Waals surface area contributed by atoms with Crippen LogP contribution in [0.5, 0.6) is 0 Å². The molecule has 0 radical (unpaired) electrons. The zero-order valence-corrected chi connectivity index (χ0v) is 13.3. The molecule has 0 aromatic carbocycles. The predicted octanol–water partition coefficient (Wildman–Crippen LogP) is 2.37. The Balaban J connectivity index is 1.54. The van der Waals surface area contributed by atoms with Gasteiger partial charge in [-0.15, -0.1) is 0 Å². The second kappa shape index (κ2) is 7.23. The maximum absolute atomic E-state index is 4.07. The van der Waals surface area contributed by atoms with Crippen molar-refractivity contribution in [2.45, 2.75) is 52.1 Å². The number of imidazole rings is 1. The summed E-state index contributed by atoms with van der Waals surface area (Å²) in [6.07, 6.45) is 9.70. The summed E-state index contributed by atoms with van der Waals surface area (Å²) < 4.78 is 2.17. The molecule has 1 aromatic rings. The summed E-state index contributed by atoms with van der Waals surface area (Å²) in [5.41, 5.74) is 0.248. The second-order valence-electron chi connectivity index (χ2n) is 7.09.